The van der Waals surface area contributed by atoms with Crippen molar-refractivity contribution in [1.82, 2.24) is 21.3 Å². The van der Waals surface area contributed by atoms with E-state index in [0.717, 1.165) is 32.1 Å². The summed E-state index contributed by atoms with van der Waals surface area (Å²) in [4.78, 5) is 91.8. The molecule has 2 fully saturated rings. The fourth-order valence-corrected chi connectivity index (χ4v) is 7.07. The smallest absolute Gasteiger partial charge is 0.407 e. The molecule has 3 rings (SSSR count). The minimum absolute atomic E-state index is 0.111. The van der Waals surface area contributed by atoms with E-state index in [0.29, 0.717) is 12.0 Å². The van der Waals surface area contributed by atoms with E-state index in [-0.39, 0.29) is 31.0 Å². The molecule has 288 valence electrons. The predicted molar refractivity (Wildman–Crippen MR) is 191 cm³/mol. The number of alkyl carbamates (subject to hydrolysis) is 1. The van der Waals surface area contributed by atoms with Gasteiger partial charge in [-0.15, -0.1) is 0 Å². The third-order valence-corrected chi connectivity index (χ3v) is 9.31. The number of aliphatic carboxylic acids is 1. The standard InChI is InChI=1S/C38H56N4O10/c1-7-14-28(33(45)35(47)39-21-29(43)41-31(36(48)49)24-17-12-9-13-18-24)40-34(46)27-20-25(52-38(4,5)6)19-26(27)32(44)30(23-15-10-8-11-16-23)42-37(50)51-22(2)3/h9,12-13,17-18,22-23,25-28,30-31H,7-8,10-11,14-16,19-21H2,1-6H3,(H,39,47)(H,40,46)(H,41,43)(H,42,50)(H,48,49)/t25-,26?,27?,28?,30-,31-/m0/s1. The van der Waals surface area contributed by atoms with Crippen molar-refractivity contribution in [3.63, 3.8) is 0 Å². The monoisotopic (exact) mass is 728 g/mol. The lowest BCUT2D eigenvalue weighted by molar-refractivity contribution is -0.143. The number of rotatable bonds is 17. The Labute approximate surface area is 305 Å². The number of nitrogens with one attached hydrogen (secondary N) is 4. The number of carboxylic acid groups (broad SMARTS) is 1. The van der Waals surface area contributed by atoms with Crippen LogP contribution in [0.15, 0.2) is 30.3 Å². The van der Waals surface area contributed by atoms with Crippen LogP contribution >= 0.6 is 0 Å². The lowest BCUT2D eigenvalue weighted by Gasteiger charge is -2.32. The Morgan fingerprint density at radius 1 is 0.885 bits per heavy atom. The lowest BCUT2D eigenvalue weighted by atomic mass is 9.77. The van der Waals surface area contributed by atoms with Crippen molar-refractivity contribution in [3.8, 4) is 0 Å². The number of amides is 4. The highest BCUT2D eigenvalue weighted by Gasteiger charge is 2.48. The van der Waals surface area contributed by atoms with E-state index < -0.39 is 89.9 Å². The van der Waals surface area contributed by atoms with Gasteiger partial charge in [-0.3, -0.25) is 24.0 Å². The summed E-state index contributed by atoms with van der Waals surface area (Å²) in [5.41, 5.74) is -0.241. The van der Waals surface area contributed by atoms with Crippen LogP contribution in [0.3, 0.4) is 0 Å². The average molecular weight is 729 g/mol. The third-order valence-electron chi connectivity index (χ3n) is 9.31. The Hall–Kier alpha value is -4.33. The number of Topliss-reactive ketones (excluding diaryl/α,β-unsaturated/α-hetero) is 2. The molecular formula is C38H56N4O10. The number of carboxylic acids is 1. The van der Waals surface area contributed by atoms with Crippen molar-refractivity contribution >= 4 is 41.4 Å². The van der Waals surface area contributed by atoms with Gasteiger partial charge >= 0.3 is 12.1 Å². The number of ether oxygens (including phenoxy) is 2. The molecule has 0 bridgehead atoms. The molecule has 0 radical (unpaired) electrons. The molecule has 3 unspecified atom stereocenters. The van der Waals surface area contributed by atoms with Crippen LogP contribution in [0.2, 0.25) is 0 Å². The molecule has 4 amide bonds. The van der Waals surface area contributed by atoms with E-state index in [9.17, 15) is 38.7 Å². The summed E-state index contributed by atoms with van der Waals surface area (Å²) < 4.78 is 11.6. The molecule has 0 spiro atoms. The summed E-state index contributed by atoms with van der Waals surface area (Å²) >= 11 is 0. The molecule has 2 saturated carbocycles. The van der Waals surface area contributed by atoms with E-state index >= 15 is 0 Å². The van der Waals surface area contributed by atoms with Crippen molar-refractivity contribution in [2.75, 3.05) is 6.54 Å². The van der Waals surface area contributed by atoms with E-state index in [1.54, 1.807) is 39.0 Å². The first-order valence-electron chi connectivity index (χ1n) is 18.4. The number of carbonyl (C=O) groups excluding carboxylic acids is 6. The Morgan fingerprint density at radius 3 is 2.10 bits per heavy atom. The predicted octanol–water partition coefficient (Wildman–Crippen LogP) is 3.76. The van der Waals surface area contributed by atoms with Crippen LogP contribution in [0.5, 0.6) is 0 Å². The molecule has 1 aromatic carbocycles. The first-order chi connectivity index (χ1) is 24.5. The fraction of sp³-hybridized carbons (Fsp3) is 0.658. The minimum atomic E-state index is -1.37. The summed E-state index contributed by atoms with van der Waals surface area (Å²) in [5, 5.41) is 19.7. The molecule has 0 saturated heterocycles. The van der Waals surface area contributed by atoms with Gasteiger partial charge in [0.05, 0.1) is 42.4 Å². The summed E-state index contributed by atoms with van der Waals surface area (Å²) in [5.74, 6) is -6.98. The van der Waals surface area contributed by atoms with Gasteiger partial charge in [0, 0.05) is 5.92 Å². The highest BCUT2D eigenvalue weighted by molar-refractivity contribution is 6.38. The summed E-state index contributed by atoms with van der Waals surface area (Å²) in [6.07, 6.45) is 3.77. The van der Waals surface area contributed by atoms with Gasteiger partial charge in [-0.2, -0.15) is 0 Å². The Kier molecular flexibility index (Phi) is 15.8. The second-order valence-corrected chi connectivity index (χ2v) is 15.1. The molecule has 0 aliphatic heterocycles. The maximum atomic E-state index is 14.4. The van der Waals surface area contributed by atoms with Crippen molar-refractivity contribution in [2.45, 2.75) is 135 Å². The average Bonchev–Trinajstić information content (AvgIpc) is 3.50. The van der Waals surface area contributed by atoms with Crippen LogP contribution in [-0.2, 0) is 38.2 Å². The van der Waals surface area contributed by atoms with Gasteiger partial charge in [0.2, 0.25) is 17.6 Å². The van der Waals surface area contributed by atoms with Gasteiger partial charge in [0.1, 0.15) is 0 Å². The van der Waals surface area contributed by atoms with Gasteiger partial charge in [0.15, 0.2) is 11.8 Å². The summed E-state index contributed by atoms with van der Waals surface area (Å²) in [6.45, 7) is 10.2. The van der Waals surface area contributed by atoms with E-state index in [1.165, 1.54) is 12.1 Å². The molecule has 0 aromatic heterocycles. The molecule has 14 heteroatoms. The second kappa shape index (κ2) is 19.5. The van der Waals surface area contributed by atoms with Crippen LogP contribution in [0, 0.1) is 17.8 Å². The van der Waals surface area contributed by atoms with E-state index in [1.807, 2.05) is 20.8 Å². The van der Waals surface area contributed by atoms with E-state index in [2.05, 4.69) is 21.3 Å². The molecule has 52 heavy (non-hydrogen) atoms. The van der Waals surface area contributed by atoms with Crippen molar-refractivity contribution in [3.05, 3.63) is 35.9 Å². The van der Waals surface area contributed by atoms with E-state index in [4.69, 9.17) is 9.47 Å². The molecule has 0 heterocycles. The number of carbonyl (C=O) groups is 7. The first-order valence-corrected chi connectivity index (χ1v) is 18.4. The Balaban J connectivity index is 1.76. The van der Waals surface area contributed by atoms with Crippen LogP contribution < -0.4 is 21.3 Å². The third kappa shape index (κ3) is 12.7. The van der Waals surface area contributed by atoms with Gasteiger partial charge in [-0.1, -0.05) is 62.9 Å². The van der Waals surface area contributed by atoms with Crippen LogP contribution in [0.25, 0.3) is 0 Å². The molecular weight excluding hydrogens is 672 g/mol. The van der Waals surface area contributed by atoms with Crippen molar-refractivity contribution < 1.29 is 48.1 Å². The van der Waals surface area contributed by atoms with Gasteiger partial charge in [-0.05, 0) is 78.2 Å². The largest absolute Gasteiger partial charge is 0.479 e. The van der Waals surface area contributed by atoms with Crippen LogP contribution in [0.4, 0.5) is 4.79 Å². The highest BCUT2D eigenvalue weighted by atomic mass is 16.6. The topological polar surface area (TPSA) is 206 Å². The molecule has 6 atom stereocenters. The minimum Gasteiger partial charge on any atom is -0.479 e. The Bertz CT molecular complexity index is 1420. The summed E-state index contributed by atoms with van der Waals surface area (Å²) in [6, 6.07) is 4.53. The quantitative estimate of drug-likeness (QED) is 0.147. The number of hydrogen-bond donors (Lipinski definition) is 5. The SMILES string of the molecule is CCCC(NC(=O)C1C[C@@H](OC(C)(C)C)CC1C(=O)[C@@H](NC(=O)OC(C)C)C1CCCCC1)C(=O)C(=O)NCC(=O)N[C@H](C(=O)O)c1ccccc1. The maximum Gasteiger partial charge on any atom is 0.407 e. The zero-order chi connectivity index (χ0) is 38.6. The van der Waals surface area contributed by atoms with Gasteiger partial charge < -0.3 is 35.8 Å². The molecule has 2 aliphatic carbocycles. The zero-order valence-corrected chi connectivity index (χ0v) is 31.2. The summed E-state index contributed by atoms with van der Waals surface area (Å²) in [7, 11) is 0. The number of benzene rings is 1. The van der Waals surface area contributed by atoms with Crippen LogP contribution in [-0.4, -0.2) is 82.9 Å². The molecule has 1 aromatic rings. The first kappa shape index (κ1) is 42.1. The van der Waals surface area contributed by atoms with Crippen molar-refractivity contribution in [2.24, 2.45) is 17.8 Å². The maximum absolute atomic E-state index is 14.4. The highest BCUT2D eigenvalue weighted by Crippen LogP contribution is 2.39. The van der Waals surface area contributed by atoms with Crippen LogP contribution in [0.1, 0.15) is 111 Å². The van der Waals surface area contributed by atoms with Crippen molar-refractivity contribution in [1.29, 1.82) is 0 Å². The lowest BCUT2D eigenvalue weighted by Crippen LogP contribution is -2.53. The molecule has 5 N–H and O–H groups in total. The number of hydrogen-bond acceptors (Lipinski definition) is 9. The second-order valence-electron chi connectivity index (χ2n) is 15.1. The normalized spacial score (nSPS) is 20.9. The van der Waals surface area contributed by atoms with Gasteiger partial charge in [-0.25, -0.2) is 9.59 Å². The van der Waals surface area contributed by atoms with Gasteiger partial charge in [0.25, 0.3) is 5.91 Å². The zero-order valence-electron chi connectivity index (χ0n) is 31.2. The number of ketones is 2. The molecule has 14 nitrogen and oxygen atoms in total. The fourth-order valence-electron chi connectivity index (χ4n) is 7.07. The Morgan fingerprint density at radius 2 is 1.52 bits per heavy atom. The molecule has 2 aliphatic rings.